The van der Waals surface area contributed by atoms with Crippen LogP contribution in [0.5, 0.6) is 0 Å². The maximum atomic E-state index is 11.9. The summed E-state index contributed by atoms with van der Waals surface area (Å²) in [6.45, 7) is 1.98. The number of thiazole rings is 1. The normalized spacial score (nSPS) is 15.9. The highest BCUT2D eigenvalue weighted by molar-refractivity contribution is 7.90. The molecule has 1 saturated carbocycles. The van der Waals surface area contributed by atoms with Crippen LogP contribution in [0.2, 0.25) is 0 Å². The third kappa shape index (κ3) is 3.57. The summed E-state index contributed by atoms with van der Waals surface area (Å²) in [4.78, 5) is 15.6. The van der Waals surface area contributed by atoms with E-state index in [0.29, 0.717) is 11.6 Å². The van der Waals surface area contributed by atoms with E-state index in [4.69, 9.17) is 0 Å². The zero-order valence-corrected chi connectivity index (χ0v) is 14.9. The molecule has 1 atom stereocenters. The van der Waals surface area contributed by atoms with Crippen molar-refractivity contribution >= 4 is 32.5 Å². The van der Waals surface area contributed by atoms with Gasteiger partial charge >= 0.3 is 0 Å². The highest BCUT2D eigenvalue weighted by Gasteiger charge is 2.34. The number of sulfone groups is 1. The van der Waals surface area contributed by atoms with Crippen LogP contribution in [0.25, 0.3) is 0 Å². The molecule has 0 bridgehead atoms. The predicted molar refractivity (Wildman–Crippen MR) is 92.1 cm³/mol. The molecule has 1 aliphatic rings. The lowest BCUT2D eigenvalue weighted by Crippen LogP contribution is -2.13. The number of rotatable bonds is 6. The van der Waals surface area contributed by atoms with Crippen molar-refractivity contribution in [3.05, 3.63) is 44.4 Å². The number of nitro groups is 1. The molecule has 1 aliphatic carbocycles. The van der Waals surface area contributed by atoms with Crippen molar-refractivity contribution in [2.45, 2.75) is 30.7 Å². The minimum Gasteiger partial charge on any atom is -0.375 e. The summed E-state index contributed by atoms with van der Waals surface area (Å²) < 4.78 is 23.7. The Kier molecular flexibility index (Phi) is 4.31. The molecule has 0 saturated heterocycles. The van der Waals surface area contributed by atoms with E-state index < -0.39 is 20.4 Å². The highest BCUT2D eigenvalue weighted by atomic mass is 32.2. The lowest BCUT2D eigenvalue weighted by molar-refractivity contribution is -0.387. The number of nitrogens with zero attached hydrogens (tertiary/aromatic N) is 2. The number of aryl methyl sites for hydroxylation is 1. The number of aromatic nitrogens is 1. The molecule has 0 spiro atoms. The second kappa shape index (κ2) is 6.14. The monoisotopic (exact) mass is 367 g/mol. The zero-order valence-electron chi connectivity index (χ0n) is 13.2. The van der Waals surface area contributed by atoms with Crippen LogP contribution in [0.1, 0.15) is 28.8 Å². The van der Waals surface area contributed by atoms with Crippen molar-refractivity contribution in [1.29, 1.82) is 0 Å². The molecule has 1 heterocycles. The van der Waals surface area contributed by atoms with Crippen molar-refractivity contribution in [3.8, 4) is 0 Å². The van der Waals surface area contributed by atoms with E-state index in [1.54, 1.807) is 17.4 Å². The first-order valence-electron chi connectivity index (χ1n) is 7.43. The minimum absolute atomic E-state index is 0.00225. The molecule has 1 aromatic carbocycles. The first kappa shape index (κ1) is 16.8. The molecule has 9 heteroatoms. The Labute approximate surface area is 143 Å². The summed E-state index contributed by atoms with van der Waals surface area (Å²) in [6.07, 6.45) is 4.96. The van der Waals surface area contributed by atoms with Gasteiger partial charge in [-0.05, 0) is 37.8 Å². The molecular weight excluding hydrogens is 350 g/mol. The second-order valence-electron chi connectivity index (χ2n) is 5.98. The Morgan fingerprint density at radius 2 is 2.12 bits per heavy atom. The van der Waals surface area contributed by atoms with Crippen LogP contribution in [0.15, 0.2) is 29.3 Å². The molecule has 0 amide bonds. The lowest BCUT2D eigenvalue weighted by Gasteiger charge is -2.17. The van der Waals surface area contributed by atoms with Crippen molar-refractivity contribution in [1.82, 2.24) is 4.98 Å². The predicted octanol–water partition coefficient (Wildman–Crippen LogP) is 3.33. The second-order valence-corrected chi connectivity index (χ2v) is 9.23. The fourth-order valence-electron chi connectivity index (χ4n) is 2.56. The SMILES string of the molecule is Cc1cnc(C(Nc2ccc([N+](=O)[O-])c(S(C)(=O)=O)c2)C2CC2)s1. The smallest absolute Gasteiger partial charge is 0.288 e. The van der Waals surface area contributed by atoms with E-state index >= 15 is 0 Å². The molecule has 2 aromatic rings. The third-order valence-corrected chi connectivity index (χ3v) is 6.00. The van der Waals surface area contributed by atoms with Crippen molar-refractivity contribution in [3.63, 3.8) is 0 Å². The number of anilines is 1. The van der Waals surface area contributed by atoms with Gasteiger partial charge in [-0.1, -0.05) is 0 Å². The van der Waals surface area contributed by atoms with Gasteiger partial charge in [0.2, 0.25) is 0 Å². The average molecular weight is 367 g/mol. The Balaban J connectivity index is 1.95. The van der Waals surface area contributed by atoms with E-state index in [2.05, 4.69) is 10.3 Å². The molecule has 128 valence electrons. The number of benzene rings is 1. The fourth-order valence-corrected chi connectivity index (χ4v) is 4.34. The van der Waals surface area contributed by atoms with Crippen LogP contribution in [0.4, 0.5) is 11.4 Å². The first-order valence-corrected chi connectivity index (χ1v) is 10.1. The summed E-state index contributed by atoms with van der Waals surface area (Å²) in [5.41, 5.74) is 0.141. The van der Waals surface area contributed by atoms with Crippen LogP contribution >= 0.6 is 11.3 Å². The van der Waals surface area contributed by atoms with Gasteiger partial charge in [-0.3, -0.25) is 10.1 Å². The van der Waals surface area contributed by atoms with Crippen LogP contribution in [-0.2, 0) is 9.84 Å². The third-order valence-electron chi connectivity index (χ3n) is 3.88. The van der Waals surface area contributed by atoms with E-state index in [1.807, 2.05) is 13.1 Å². The van der Waals surface area contributed by atoms with E-state index in [0.717, 1.165) is 29.0 Å². The molecule has 24 heavy (non-hydrogen) atoms. The van der Waals surface area contributed by atoms with Gasteiger partial charge in [0.25, 0.3) is 5.69 Å². The van der Waals surface area contributed by atoms with Crippen molar-refractivity contribution in [2.75, 3.05) is 11.6 Å². The van der Waals surface area contributed by atoms with Crippen LogP contribution in [0, 0.1) is 23.0 Å². The summed E-state index contributed by atoms with van der Waals surface area (Å²) in [5, 5.41) is 15.3. The maximum absolute atomic E-state index is 11.9. The fraction of sp³-hybridized carbons (Fsp3) is 0.400. The Bertz CT molecular complexity index is 888. The molecule has 1 fully saturated rings. The van der Waals surface area contributed by atoms with Crippen LogP contribution in [-0.4, -0.2) is 24.6 Å². The molecule has 1 aromatic heterocycles. The van der Waals surface area contributed by atoms with Gasteiger partial charge in [0, 0.05) is 29.1 Å². The van der Waals surface area contributed by atoms with Gasteiger partial charge in [-0.15, -0.1) is 11.3 Å². The number of hydrogen-bond acceptors (Lipinski definition) is 7. The molecule has 3 rings (SSSR count). The summed E-state index contributed by atoms with van der Waals surface area (Å²) in [6, 6.07) is 4.11. The van der Waals surface area contributed by atoms with Crippen LogP contribution < -0.4 is 5.32 Å². The first-order chi connectivity index (χ1) is 11.3. The lowest BCUT2D eigenvalue weighted by atomic mass is 10.1. The maximum Gasteiger partial charge on any atom is 0.288 e. The Hall–Kier alpha value is -2.00. The average Bonchev–Trinajstić information content (AvgIpc) is 3.25. The molecule has 0 radical (unpaired) electrons. The Morgan fingerprint density at radius 3 is 2.62 bits per heavy atom. The van der Waals surface area contributed by atoms with E-state index in [-0.39, 0.29) is 10.9 Å². The standard InChI is InChI=1S/C15H17N3O4S2/c1-9-8-16-15(23-9)14(10-3-4-10)17-11-5-6-12(18(19)20)13(7-11)24(2,21)22/h5-8,10,14,17H,3-4H2,1-2H3. The number of nitrogens with one attached hydrogen (secondary N) is 1. The summed E-state index contributed by atoms with van der Waals surface area (Å²) >= 11 is 1.60. The summed E-state index contributed by atoms with van der Waals surface area (Å²) in [7, 11) is -3.70. The van der Waals surface area contributed by atoms with Crippen molar-refractivity contribution < 1.29 is 13.3 Å². The molecule has 7 nitrogen and oxygen atoms in total. The van der Waals surface area contributed by atoms with Gasteiger partial charge in [0.05, 0.1) is 11.0 Å². The minimum atomic E-state index is -3.70. The van der Waals surface area contributed by atoms with E-state index in [1.165, 1.54) is 12.1 Å². The van der Waals surface area contributed by atoms with Gasteiger partial charge in [-0.2, -0.15) is 0 Å². The van der Waals surface area contributed by atoms with E-state index in [9.17, 15) is 18.5 Å². The van der Waals surface area contributed by atoms with Gasteiger partial charge < -0.3 is 5.32 Å². The molecule has 0 aliphatic heterocycles. The van der Waals surface area contributed by atoms with Gasteiger partial charge in [0.15, 0.2) is 9.84 Å². The molecular formula is C15H17N3O4S2. The van der Waals surface area contributed by atoms with Gasteiger partial charge in [0.1, 0.15) is 9.90 Å². The largest absolute Gasteiger partial charge is 0.375 e. The zero-order chi connectivity index (χ0) is 17.5. The molecule has 1 N–H and O–H groups in total. The topological polar surface area (TPSA) is 102 Å². The summed E-state index contributed by atoms with van der Waals surface area (Å²) in [5.74, 6) is 0.451. The number of hydrogen-bond donors (Lipinski definition) is 1. The quantitative estimate of drug-likeness (QED) is 0.620. The van der Waals surface area contributed by atoms with Crippen LogP contribution in [0.3, 0.4) is 0 Å². The highest BCUT2D eigenvalue weighted by Crippen LogP contribution is 2.44. The Morgan fingerprint density at radius 1 is 1.42 bits per heavy atom. The van der Waals surface area contributed by atoms with Crippen molar-refractivity contribution in [2.24, 2.45) is 5.92 Å². The van der Waals surface area contributed by atoms with Gasteiger partial charge in [-0.25, -0.2) is 13.4 Å². The number of nitro benzene ring substituents is 1. The molecule has 1 unspecified atom stereocenters.